The number of thiophene rings is 1. The van der Waals surface area contributed by atoms with Crippen molar-refractivity contribution in [1.29, 1.82) is 0 Å². The minimum atomic E-state index is -0.0391. The fraction of sp³-hybridized carbons (Fsp3) is 0.250. The van der Waals surface area contributed by atoms with Crippen LogP contribution in [-0.2, 0) is 0 Å². The van der Waals surface area contributed by atoms with Crippen LogP contribution in [0, 0.1) is 0 Å². The van der Waals surface area contributed by atoms with Crippen LogP contribution in [0.1, 0.15) is 9.67 Å². The monoisotopic (exact) mass is 351 g/mol. The van der Waals surface area contributed by atoms with Crippen LogP contribution in [-0.4, -0.2) is 44.0 Å². The highest BCUT2D eigenvalue weighted by Gasteiger charge is 2.18. The fourth-order valence-electron chi connectivity index (χ4n) is 3.18. The molecule has 25 heavy (non-hydrogen) atoms. The van der Waals surface area contributed by atoms with E-state index in [1.54, 1.807) is 0 Å². The number of carbonyl (C=O) groups excluding carboxylic acids is 1. The molecule has 4 rings (SSSR count). The van der Waals surface area contributed by atoms with Crippen LogP contribution in [0.3, 0.4) is 0 Å². The Morgan fingerprint density at radius 3 is 2.52 bits per heavy atom. The highest BCUT2D eigenvalue weighted by molar-refractivity contribution is 7.20. The van der Waals surface area contributed by atoms with Crippen LogP contribution in [0.4, 0.5) is 11.4 Å². The molecule has 2 heterocycles. The molecule has 1 aromatic heterocycles. The molecule has 2 aromatic carbocycles. The van der Waals surface area contributed by atoms with E-state index < -0.39 is 0 Å². The summed E-state index contributed by atoms with van der Waals surface area (Å²) in [5, 5.41) is 4.23. The van der Waals surface area contributed by atoms with E-state index in [2.05, 4.69) is 34.3 Å². The summed E-state index contributed by atoms with van der Waals surface area (Å²) in [4.78, 5) is 18.2. The summed E-state index contributed by atoms with van der Waals surface area (Å²) in [5.74, 6) is -0.0391. The van der Waals surface area contributed by atoms with E-state index >= 15 is 0 Å². The Hall–Kier alpha value is -2.37. The van der Waals surface area contributed by atoms with Crippen molar-refractivity contribution in [2.75, 3.05) is 43.4 Å². The number of likely N-dealkylation sites (N-methyl/N-ethyl adjacent to an activating group) is 1. The average molecular weight is 351 g/mol. The van der Waals surface area contributed by atoms with E-state index in [0.717, 1.165) is 52.5 Å². The van der Waals surface area contributed by atoms with Gasteiger partial charge in [0.2, 0.25) is 0 Å². The average Bonchev–Trinajstić information content (AvgIpc) is 3.07. The molecular weight excluding hydrogens is 330 g/mol. The normalized spacial score (nSPS) is 15.5. The van der Waals surface area contributed by atoms with Gasteiger partial charge >= 0.3 is 0 Å². The van der Waals surface area contributed by atoms with Crippen molar-refractivity contribution < 1.29 is 4.79 Å². The zero-order valence-corrected chi connectivity index (χ0v) is 15.1. The number of para-hydroxylation sites is 2. The minimum absolute atomic E-state index is 0.0391. The molecule has 0 unspecified atom stereocenters. The maximum absolute atomic E-state index is 12.7. The lowest BCUT2D eigenvalue weighted by atomic mass is 10.2. The molecule has 1 N–H and O–H groups in total. The fourth-order valence-corrected chi connectivity index (χ4v) is 4.14. The lowest BCUT2D eigenvalue weighted by Crippen LogP contribution is -2.44. The van der Waals surface area contributed by atoms with Crippen molar-refractivity contribution in [1.82, 2.24) is 4.90 Å². The van der Waals surface area contributed by atoms with Gasteiger partial charge in [0, 0.05) is 30.9 Å². The van der Waals surface area contributed by atoms with Gasteiger partial charge < -0.3 is 15.1 Å². The number of benzene rings is 2. The predicted molar refractivity (Wildman–Crippen MR) is 106 cm³/mol. The van der Waals surface area contributed by atoms with Crippen LogP contribution in [0.2, 0.25) is 0 Å². The smallest absolute Gasteiger partial charge is 0.265 e. The van der Waals surface area contributed by atoms with Gasteiger partial charge in [-0.3, -0.25) is 4.79 Å². The standard InChI is InChI=1S/C20H21N3OS/c1-22-10-12-23(13-11-22)17-8-4-3-7-16(17)21-20(24)19-14-15-6-2-5-9-18(15)25-19/h2-9,14H,10-13H2,1H3,(H,21,24). The van der Waals surface area contributed by atoms with Crippen molar-refractivity contribution >= 4 is 38.7 Å². The summed E-state index contributed by atoms with van der Waals surface area (Å²) in [6, 6.07) is 18.1. The van der Waals surface area contributed by atoms with Gasteiger partial charge in [-0.05, 0) is 36.7 Å². The van der Waals surface area contributed by atoms with Crippen LogP contribution in [0.15, 0.2) is 54.6 Å². The third-order valence-corrected chi connectivity index (χ3v) is 5.76. The number of amides is 1. The predicted octanol–water partition coefficient (Wildman–Crippen LogP) is 3.91. The maximum Gasteiger partial charge on any atom is 0.265 e. The SMILES string of the molecule is CN1CCN(c2ccccc2NC(=O)c2cc3ccccc3s2)CC1. The summed E-state index contributed by atoms with van der Waals surface area (Å²) >= 11 is 1.53. The molecule has 5 heteroatoms. The van der Waals surface area contributed by atoms with Gasteiger partial charge in [-0.25, -0.2) is 0 Å². The first-order chi connectivity index (χ1) is 12.2. The molecule has 0 atom stereocenters. The molecular formula is C20H21N3OS. The molecule has 0 bridgehead atoms. The first-order valence-electron chi connectivity index (χ1n) is 8.53. The van der Waals surface area contributed by atoms with Crippen LogP contribution in [0.5, 0.6) is 0 Å². The van der Waals surface area contributed by atoms with Gasteiger partial charge in [0.25, 0.3) is 5.91 Å². The third kappa shape index (κ3) is 3.38. The van der Waals surface area contributed by atoms with Crippen molar-refractivity contribution in [3.05, 3.63) is 59.5 Å². The minimum Gasteiger partial charge on any atom is -0.367 e. The molecule has 4 nitrogen and oxygen atoms in total. The molecule has 1 amide bonds. The van der Waals surface area contributed by atoms with Gasteiger partial charge in [-0.2, -0.15) is 0 Å². The molecule has 0 spiro atoms. The van der Waals surface area contributed by atoms with Gasteiger partial charge in [0.15, 0.2) is 0 Å². The van der Waals surface area contributed by atoms with E-state index in [4.69, 9.17) is 0 Å². The second kappa shape index (κ2) is 6.86. The van der Waals surface area contributed by atoms with E-state index in [9.17, 15) is 4.79 Å². The second-order valence-corrected chi connectivity index (χ2v) is 7.49. The number of carbonyl (C=O) groups is 1. The number of rotatable bonds is 3. The number of nitrogens with one attached hydrogen (secondary N) is 1. The highest BCUT2D eigenvalue weighted by Crippen LogP contribution is 2.29. The van der Waals surface area contributed by atoms with Crippen LogP contribution in [0.25, 0.3) is 10.1 Å². The first kappa shape index (κ1) is 16.1. The lowest BCUT2D eigenvalue weighted by molar-refractivity contribution is 0.103. The van der Waals surface area contributed by atoms with E-state index in [1.807, 2.05) is 42.5 Å². The zero-order valence-electron chi connectivity index (χ0n) is 14.2. The Balaban J connectivity index is 1.57. The quantitative estimate of drug-likeness (QED) is 0.777. The Morgan fingerprint density at radius 1 is 1.00 bits per heavy atom. The number of hydrogen-bond acceptors (Lipinski definition) is 4. The summed E-state index contributed by atoms with van der Waals surface area (Å²) in [6.07, 6.45) is 0. The number of fused-ring (bicyclic) bond motifs is 1. The molecule has 1 aliphatic heterocycles. The van der Waals surface area contributed by atoms with E-state index in [1.165, 1.54) is 11.3 Å². The largest absolute Gasteiger partial charge is 0.367 e. The van der Waals surface area contributed by atoms with Crippen molar-refractivity contribution in [3.8, 4) is 0 Å². The first-order valence-corrected chi connectivity index (χ1v) is 9.35. The van der Waals surface area contributed by atoms with E-state index in [0.29, 0.717) is 0 Å². The van der Waals surface area contributed by atoms with Crippen LogP contribution >= 0.6 is 11.3 Å². The van der Waals surface area contributed by atoms with Gasteiger partial charge in [-0.1, -0.05) is 30.3 Å². The van der Waals surface area contributed by atoms with Crippen LogP contribution < -0.4 is 10.2 Å². The molecule has 1 aliphatic rings. The number of piperazine rings is 1. The second-order valence-electron chi connectivity index (χ2n) is 6.41. The van der Waals surface area contributed by atoms with Crippen molar-refractivity contribution in [2.24, 2.45) is 0 Å². The lowest BCUT2D eigenvalue weighted by Gasteiger charge is -2.35. The number of hydrogen-bond donors (Lipinski definition) is 1. The zero-order chi connectivity index (χ0) is 17.2. The van der Waals surface area contributed by atoms with Crippen molar-refractivity contribution in [2.45, 2.75) is 0 Å². The molecule has 1 fully saturated rings. The summed E-state index contributed by atoms with van der Waals surface area (Å²) in [6.45, 7) is 4.04. The van der Waals surface area contributed by atoms with E-state index in [-0.39, 0.29) is 5.91 Å². The molecule has 3 aromatic rings. The number of nitrogens with zero attached hydrogens (tertiary/aromatic N) is 2. The summed E-state index contributed by atoms with van der Waals surface area (Å²) in [5.41, 5.74) is 1.99. The highest BCUT2D eigenvalue weighted by atomic mass is 32.1. The summed E-state index contributed by atoms with van der Waals surface area (Å²) in [7, 11) is 2.15. The van der Waals surface area contributed by atoms with Gasteiger partial charge in [-0.15, -0.1) is 11.3 Å². The Bertz CT molecular complexity index is 864. The molecule has 0 radical (unpaired) electrons. The van der Waals surface area contributed by atoms with Gasteiger partial charge in [0.05, 0.1) is 16.3 Å². The topological polar surface area (TPSA) is 35.6 Å². The maximum atomic E-state index is 12.7. The Labute approximate surface area is 151 Å². The third-order valence-electron chi connectivity index (χ3n) is 4.65. The molecule has 0 saturated carbocycles. The Kier molecular flexibility index (Phi) is 4.42. The summed E-state index contributed by atoms with van der Waals surface area (Å²) < 4.78 is 1.14. The number of anilines is 2. The van der Waals surface area contributed by atoms with Crippen molar-refractivity contribution in [3.63, 3.8) is 0 Å². The van der Waals surface area contributed by atoms with Gasteiger partial charge in [0.1, 0.15) is 0 Å². The molecule has 1 saturated heterocycles. The Morgan fingerprint density at radius 2 is 1.72 bits per heavy atom. The molecule has 0 aliphatic carbocycles. The molecule has 128 valence electrons.